The molecular weight excluding hydrogens is 959 g/mol. The molecule has 0 saturated heterocycles. The van der Waals surface area contributed by atoms with Crippen molar-refractivity contribution in [1.82, 2.24) is 13.7 Å². The Morgan fingerprint density at radius 1 is 0.380 bits per heavy atom. The first-order valence-electron chi connectivity index (χ1n) is 28.4. The number of benzene rings is 9. The summed E-state index contributed by atoms with van der Waals surface area (Å²) in [4.78, 5) is 0. The summed E-state index contributed by atoms with van der Waals surface area (Å²) in [6.07, 6.45) is 2.36. The highest BCUT2D eigenvalue weighted by Gasteiger charge is 2.69. The Morgan fingerprint density at radius 3 is 1.48 bits per heavy atom. The van der Waals surface area contributed by atoms with Crippen LogP contribution in [0.4, 0.5) is 17.3 Å². The summed E-state index contributed by atoms with van der Waals surface area (Å²) < 4.78 is 10.8. The number of quaternary nitrogens is 1. The molecule has 5 heteroatoms. The van der Waals surface area contributed by atoms with Gasteiger partial charge in [0.1, 0.15) is 5.52 Å². The Hall–Kier alpha value is -8.38. The maximum atomic E-state index is 2.72. The molecule has 1 unspecified atom stereocenters. The number of imidazole rings is 1. The Morgan fingerprint density at radius 2 is 0.886 bits per heavy atom. The van der Waals surface area contributed by atoms with Crippen molar-refractivity contribution in [1.29, 1.82) is 0 Å². The van der Waals surface area contributed by atoms with E-state index in [2.05, 4.69) is 296 Å². The smallest absolute Gasteiger partial charge is 0.181 e. The van der Waals surface area contributed by atoms with Crippen LogP contribution in [0.15, 0.2) is 194 Å². The summed E-state index contributed by atoms with van der Waals surface area (Å²) >= 11 is 0. The summed E-state index contributed by atoms with van der Waals surface area (Å²) in [7, 11) is 0. The molecule has 15 rings (SSSR count). The molecule has 0 bridgehead atoms. The van der Waals surface area contributed by atoms with Gasteiger partial charge in [-0.3, -0.25) is 0 Å². The summed E-state index contributed by atoms with van der Waals surface area (Å²) in [6, 6.07) is 72.9. The molecule has 0 aliphatic carbocycles. The van der Waals surface area contributed by atoms with Crippen molar-refractivity contribution in [3.8, 4) is 61.7 Å². The minimum absolute atomic E-state index is 0.0995. The van der Waals surface area contributed by atoms with Crippen LogP contribution in [0.1, 0.15) is 105 Å². The van der Waals surface area contributed by atoms with Gasteiger partial charge in [0.2, 0.25) is 22.6 Å². The van der Waals surface area contributed by atoms with Gasteiger partial charge in [0.25, 0.3) is 0 Å². The average Bonchev–Trinajstić information content (AvgIpc) is 1.84. The molecule has 0 saturated carbocycles. The predicted octanol–water partition coefficient (Wildman–Crippen LogP) is 18.7. The van der Waals surface area contributed by atoms with Crippen molar-refractivity contribution in [3.05, 3.63) is 217 Å². The number of nitrogens with zero attached hydrogens (tertiary/aromatic N) is 5. The molecule has 0 fully saturated rings. The second-order valence-electron chi connectivity index (χ2n) is 26.9. The van der Waals surface area contributed by atoms with Gasteiger partial charge in [-0.1, -0.05) is 198 Å². The van der Waals surface area contributed by atoms with Crippen LogP contribution in [-0.4, -0.2) is 9.13 Å². The van der Waals surface area contributed by atoms with Gasteiger partial charge in [-0.2, -0.15) is 4.57 Å². The van der Waals surface area contributed by atoms with E-state index in [4.69, 9.17) is 0 Å². The molecule has 0 amide bonds. The lowest BCUT2D eigenvalue weighted by molar-refractivity contribution is -0.791. The third-order valence-electron chi connectivity index (χ3n) is 17.8. The predicted molar refractivity (Wildman–Crippen MR) is 330 cm³/mol. The van der Waals surface area contributed by atoms with Crippen LogP contribution in [0.2, 0.25) is 0 Å². The number of rotatable bonds is 3. The van der Waals surface area contributed by atoms with Crippen LogP contribution in [-0.2, 0) is 21.7 Å². The van der Waals surface area contributed by atoms with Crippen LogP contribution >= 0.6 is 0 Å². The molecular formula is C74H68N5+3. The molecule has 3 aliphatic rings. The molecule has 3 aliphatic heterocycles. The molecule has 3 aromatic heterocycles. The topological polar surface area (TPSA) is 17.6 Å². The summed E-state index contributed by atoms with van der Waals surface area (Å²) in [5.74, 6) is 2.23. The van der Waals surface area contributed by atoms with E-state index in [9.17, 15) is 0 Å². The zero-order valence-corrected chi connectivity index (χ0v) is 47.7. The molecule has 5 nitrogen and oxygen atoms in total. The summed E-state index contributed by atoms with van der Waals surface area (Å²) in [6.45, 7) is 28.3. The van der Waals surface area contributed by atoms with E-state index in [0.29, 0.717) is 4.59 Å². The van der Waals surface area contributed by atoms with Crippen LogP contribution in [0.25, 0.3) is 105 Å². The van der Waals surface area contributed by atoms with Gasteiger partial charge in [-0.25, -0.2) is 0 Å². The minimum Gasteiger partial charge on any atom is -0.181 e. The van der Waals surface area contributed by atoms with E-state index in [1.807, 2.05) is 0 Å². The zero-order chi connectivity index (χ0) is 54.4. The first-order valence-corrected chi connectivity index (χ1v) is 28.4. The first kappa shape index (κ1) is 47.8. The maximum absolute atomic E-state index is 2.72. The van der Waals surface area contributed by atoms with Crippen molar-refractivity contribution in [2.24, 2.45) is 0 Å². The number of hydrogen-bond acceptors (Lipinski definition) is 0. The fourth-order valence-electron chi connectivity index (χ4n) is 13.7. The van der Waals surface area contributed by atoms with Crippen LogP contribution in [0.3, 0.4) is 0 Å². The molecule has 1 atom stereocenters. The van der Waals surface area contributed by atoms with E-state index in [1.54, 1.807) is 0 Å². The Kier molecular flexibility index (Phi) is 9.62. The lowest BCUT2D eigenvalue weighted by Gasteiger charge is -2.31. The second kappa shape index (κ2) is 15.9. The lowest BCUT2D eigenvalue weighted by Crippen LogP contribution is -2.70. The normalized spacial score (nSPS) is 15.4. The highest BCUT2D eigenvalue weighted by atomic mass is 15.8. The van der Waals surface area contributed by atoms with Crippen LogP contribution in [0, 0.1) is 0 Å². The number of aromatic nitrogens is 4. The fraction of sp³-hybridized carbons (Fsp3) is 0.216. The molecule has 0 radical (unpaired) electrons. The third-order valence-corrected chi connectivity index (χ3v) is 17.8. The van der Waals surface area contributed by atoms with Crippen molar-refractivity contribution in [2.45, 2.75) is 105 Å². The standard InChI is InChI=1S/C74H68N5/c1-71(2,3)49-37-47(38-50(43-49)72(4,5)6)53-26-21-27-54(48-39-51(73(7,8)9)44-52(40-48)74(10,11)12)66(53)78-63-31-18-17-30-62(63)76-64-32-22-28-57-59-41-45-23-13-14-24-46(45)42-60(59)58-35-34-56-55-25-15-16-29-61(55)77-65-33-19-20-36-75(65)79(68(57)64,70(76)78)69(58)67(56)77/h13-44H,1-12H3/q+3. The quantitative estimate of drug-likeness (QED) is 0.124. The van der Waals surface area contributed by atoms with E-state index >= 15 is 0 Å². The Labute approximate surface area is 464 Å². The summed E-state index contributed by atoms with van der Waals surface area (Å²) in [5, 5.41) is 4.95. The molecule has 12 aromatic rings. The lowest BCUT2D eigenvalue weighted by atomic mass is 9.77. The van der Waals surface area contributed by atoms with E-state index in [0.717, 1.165) is 28.5 Å². The van der Waals surface area contributed by atoms with Gasteiger partial charge in [0.05, 0.1) is 11.1 Å². The largest absolute Gasteiger partial charge is 0.519 e. The van der Waals surface area contributed by atoms with Gasteiger partial charge in [0, 0.05) is 32.6 Å². The van der Waals surface area contributed by atoms with Crippen molar-refractivity contribution in [2.75, 3.05) is 0 Å². The highest BCUT2D eigenvalue weighted by molar-refractivity contribution is 6.19. The summed E-state index contributed by atoms with van der Waals surface area (Å²) in [5.41, 5.74) is 24.2. The SMILES string of the molecule is CC(C)(C)c1cc(-c2cccc(-c3cc(C(C)(C)C)cc(C(C)(C)C)c3)c2-[n+]2c3n(c4ccccc42)-c2cccc4c2[N+]32c3c(ccc5c6ccccc6n(c35)-c3cccc[n+]32)-c2cc3ccccc3cc2-4)cc(C(C)(C)C)c1. The highest BCUT2D eigenvalue weighted by Crippen LogP contribution is 2.64. The van der Waals surface area contributed by atoms with Gasteiger partial charge >= 0.3 is 11.8 Å². The van der Waals surface area contributed by atoms with Crippen molar-refractivity contribution in [3.63, 3.8) is 0 Å². The Balaban J connectivity index is 1.20. The molecule has 1 spiro atoms. The van der Waals surface area contributed by atoms with Crippen molar-refractivity contribution >= 4 is 60.9 Å². The second-order valence-corrected chi connectivity index (χ2v) is 26.9. The minimum atomic E-state index is -0.0995. The van der Waals surface area contributed by atoms with E-state index in [-0.39, 0.29) is 21.7 Å². The van der Waals surface area contributed by atoms with Crippen molar-refractivity contribution < 1.29 is 9.24 Å². The van der Waals surface area contributed by atoms with Crippen LogP contribution in [0.5, 0.6) is 0 Å². The number of para-hydroxylation sites is 5. The maximum Gasteiger partial charge on any atom is 0.519 e. The molecule has 0 N–H and O–H groups in total. The molecule has 6 heterocycles. The van der Waals surface area contributed by atoms with E-state index < -0.39 is 0 Å². The van der Waals surface area contributed by atoms with Crippen LogP contribution < -0.4 is 13.8 Å². The monoisotopic (exact) mass is 1030 g/mol. The van der Waals surface area contributed by atoms with Gasteiger partial charge < -0.3 is 0 Å². The van der Waals surface area contributed by atoms with Gasteiger partial charge in [0.15, 0.2) is 22.9 Å². The zero-order valence-electron chi connectivity index (χ0n) is 47.7. The average molecular weight is 1030 g/mol. The number of fused-ring (bicyclic) bond motifs is 13. The molecule has 9 aromatic carbocycles. The van der Waals surface area contributed by atoms with E-state index in [1.165, 1.54) is 116 Å². The first-order chi connectivity index (χ1) is 37.7. The van der Waals surface area contributed by atoms with Gasteiger partial charge in [-0.05, 0) is 148 Å². The Bertz CT molecular complexity index is 4490. The third kappa shape index (κ3) is 6.54. The number of hydrogen-bond donors (Lipinski definition) is 0. The fourth-order valence-corrected chi connectivity index (χ4v) is 13.7. The molecule has 79 heavy (non-hydrogen) atoms. The van der Waals surface area contributed by atoms with Gasteiger partial charge in [-0.15, -0.1) is 9.13 Å². The molecule has 386 valence electrons. The number of pyridine rings is 1.